The smallest absolute Gasteiger partial charge is 0.211 e. The van der Waals surface area contributed by atoms with E-state index in [0.717, 1.165) is 44.3 Å². The highest BCUT2D eigenvalue weighted by molar-refractivity contribution is 7.88. The van der Waals surface area contributed by atoms with E-state index >= 15 is 0 Å². The molecule has 1 aromatic carbocycles. The zero-order valence-corrected chi connectivity index (χ0v) is 14.7. The minimum absolute atomic E-state index is 0.0828. The highest BCUT2D eigenvalue weighted by atomic mass is 35.5. The summed E-state index contributed by atoms with van der Waals surface area (Å²) < 4.78 is 25.1. The van der Waals surface area contributed by atoms with E-state index in [1.807, 2.05) is 6.07 Å². The molecule has 0 atom stereocenters. The Morgan fingerprint density at radius 3 is 2.39 bits per heavy atom. The summed E-state index contributed by atoms with van der Waals surface area (Å²) in [4.78, 5) is 13.4. The van der Waals surface area contributed by atoms with Crippen molar-refractivity contribution in [1.29, 1.82) is 0 Å². The Morgan fingerprint density at radius 1 is 1.17 bits per heavy atom. The van der Waals surface area contributed by atoms with Crippen LogP contribution < -0.4 is 4.90 Å². The van der Waals surface area contributed by atoms with Crippen LogP contribution in [0, 0.1) is 5.41 Å². The van der Waals surface area contributed by atoms with Gasteiger partial charge in [-0.1, -0.05) is 11.6 Å². The van der Waals surface area contributed by atoms with Gasteiger partial charge in [-0.25, -0.2) is 12.7 Å². The van der Waals surface area contributed by atoms with E-state index < -0.39 is 10.0 Å². The molecule has 2 saturated heterocycles. The summed E-state index contributed by atoms with van der Waals surface area (Å²) in [6.45, 7) is 2.88. The molecule has 0 bridgehead atoms. The topological polar surface area (TPSA) is 57.7 Å². The van der Waals surface area contributed by atoms with Gasteiger partial charge in [0.1, 0.15) is 0 Å². The van der Waals surface area contributed by atoms with Crippen molar-refractivity contribution in [2.24, 2.45) is 5.41 Å². The van der Waals surface area contributed by atoms with Crippen molar-refractivity contribution in [3.8, 4) is 0 Å². The molecule has 0 aromatic heterocycles. The van der Waals surface area contributed by atoms with Gasteiger partial charge >= 0.3 is 0 Å². The summed E-state index contributed by atoms with van der Waals surface area (Å²) in [5, 5.41) is 0.620. The molecule has 2 heterocycles. The molecule has 2 aliphatic rings. The van der Waals surface area contributed by atoms with Crippen molar-refractivity contribution in [3.63, 3.8) is 0 Å². The lowest BCUT2D eigenvalue weighted by Crippen LogP contribution is -2.42. The molecule has 2 aliphatic heterocycles. The number of hydrogen-bond acceptors (Lipinski definition) is 4. The lowest BCUT2D eigenvalue weighted by Gasteiger charge is -2.40. The number of carbonyl (C=O) groups excluding carboxylic acids is 1. The van der Waals surface area contributed by atoms with Crippen LogP contribution in [0.25, 0.3) is 0 Å². The number of hydrogen-bond donors (Lipinski definition) is 0. The quantitative estimate of drug-likeness (QED) is 0.780. The number of benzene rings is 1. The number of carbonyl (C=O) groups is 1. The van der Waals surface area contributed by atoms with Gasteiger partial charge in [-0.15, -0.1) is 0 Å². The van der Waals surface area contributed by atoms with Crippen molar-refractivity contribution < 1.29 is 13.2 Å². The van der Waals surface area contributed by atoms with Crippen molar-refractivity contribution in [1.82, 2.24) is 4.31 Å². The van der Waals surface area contributed by atoms with E-state index in [4.69, 9.17) is 11.6 Å². The van der Waals surface area contributed by atoms with E-state index in [-0.39, 0.29) is 5.41 Å². The average molecular weight is 357 g/mol. The zero-order chi connectivity index (χ0) is 16.7. The highest BCUT2D eigenvalue weighted by Crippen LogP contribution is 2.42. The molecule has 0 unspecified atom stereocenters. The third-order valence-electron chi connectivity index (χ3n) is 5.16. The summed E-state index contributed by atoms with van der Waals surface area (Å²) in [5.41, 5.74) is 1.61. The third-order valence-corrected chi connectivity index (χ3v) is 6.64. The van der Waals surface area contributed by atoms with Gasteiger partial charge in [0.15, 0.2) is 6.29 Å². The number of piperidine rings is 1. The van der Waals surface area contributed by atoms with Crippen molar-refractivity contribution in [2.45, 2.75) is 19.3 Å². The average Bonchev–Trinajstić information content (AvgIpc) is 2.92. The first-order valence-corrected chi connectivity index (χ1v) is 10.0. The second-order valence-electron chi connectivity index (χ2n) is 6.65. The van der Waals surface area contributed by atoms with Gasteiger partial charge in [-0.2, -0.15) is 0 Å². The van der Waals surface area contributed by atoms with E-state index in [9.17, 15) is 13.2 Å². The van der Waals surface area contributed by atoms with Crippen LogP contribution in [0.2, 0.25) is 5.02 Å². The molecular weight excluding hydrogens is 336 g/mol. The predicted molar refractivity (Wildman–Crippen MR) is 91.8 cm³/mol. The summed E-state index contributed by atoms with van der Waals surface area (Å²) >= 11 is 6.07. The van der Waals surface area contributed by atoms with Gasteiger partial charge in [0.05, 0.1) is 6.26 Å². The van der Waals surface area contributed by atoms with E-state index in [1.54, 1.807) is 16.4 Å². The minimum atomic E-state index is -3.10. The molecule has 7 heteroatoms. The molecule has 0 N–H and O–H groups in total. The highest BCUT2D eigenvalue weighted by Gasteiger charge is 2.43. The number of sulfonamides is 1. The van der Waals surface area contributed by atoms with Crippen molar-refractivity contribution >= 4 is 33.6 Å². The van der Waals surface area contributed by atoms with Crippen LogP contribution in [0.5, 0.6) is 0 Å². The van der Waals surface area contributed by atoms with Crippen molar-refractivity contribution in [2.75, 3.05) is 37.3 Å². The number of nitrogens with zero attached hydrogens (tertiary/aromatic N) is 2. The number of halogens is 1. The van der Waals surface area contributed by atoms with Gasteiger partial charge in [0.2, 0.25) is 10.0 Å². The van der Waals surface area contributed by atoms with Crippen molar-refractivity contribution in [3.05, 3.63) is 28.8 Å². The first-order valence-electron chi connectivity index (χ1n) is 7.78. The van der Waals surface area contributed by atoms with Gasteiger partial charge in [-0.3, -0.25) is 4.79 Å². The molecule has 5 nitrogen and oxygen atoms in total. The summed E-state index contributed by atoms with van der Waals surface area (Å²) in [7, 11) is -3.10. The third kappa shape index (κ3) is 3.39. The molecule has 1 aromatic rings. The largest absolute Gasteiger partial charge is 0.371 e. The lowest BCUT2D eigenvalue weighted by atomic mass is 9.77. The fourth-order valence-corrected chi connectivity index (χ4v) is 4.80. The molecule has 0 amide bonds. The molecule has 0 aliphatic carbocycles. The summed E-state index contributed by atoms with van der Waals surface area (Å²) in [5.74, 6) is 0. The fraction of sp³-hybridized carbons (Fsp3) is 0.562. The standard InChI is InChI=1S/C16H21ClN2O3S/c1-23(21,22)19-9-6-16(12-19)4-7-18(8-5-16)15-10-14(17)3-2-13(15)11-20/h2-3,10-11H,4-9,12H2,1H3. The Morgan fingerprint density at radius 2 is 1.83 bits per heavy atom. The van der Waals surface area contributed by atoms with Gasteiger partial charge in [0, 0.05) is 42.5 Å². The summed E-state index contributed by atoms with van der Waals surface area (Å²) in [6, 6.07) is 5.30. The second kappa shape index (κ2) is 6.07. The Bertz CT molecular complexity index is 712. The van der Waals surface area contributed by atoms with Gasteiger partial charge < -0.3 is 4.90 Å². The first kappa shape index (κ1) is 16.7. The lowest BCUT2D eigenvalue weighted by molar-refractivity contribution is 0.112. The van der Waals surface area contributed by atoms with Crippen LogP contribution in [0.1, 0.15) is 29.6 Å². The maximum atomic E-state index is 11.7. The van der Waals surface area contributed by atoms with E-state index in [0.29, 0.717) is 23.7 Å². The molecular formula is C16H21ClN2O3S. The monoisotopic (exact) mass is 356 g/mol. The molecule has 3 rings (SSSR count). The van der Waals surface area contributed by atoms with E-state index in [1.165, 1.54) is 6.26 Å². The van der Waals surface area contributed by atoms with Crippen LogP contribution in [0.15, 0.2) is 18.2 Å². The molecule has 0 radical (unpaired) electrons. The van der Waals surface area contributed by atoms with Gasteiger partial charge in [0.25, 0.3) is 0 Å². The molecule has 2 fully saturated rings. The van der Waals surface area contributed by atoms with Crippen LogP contribution in [0.3, 0.4) is 0 Å². The maximum Gasteiger partial charge on any atom is 0.211 e. The summed E-state index contributed by atoms with van der Waals surface area (Å²) in [6.07, 6.45) is 4.93. The Balaban J connectivity index is 1.72. The maximum absolute atomic E-state index is 11.7. The van der Waals surface area contributed by atoms with Gasteiger partial charge in [-0.05, 0) is 42.9 Å². The Hall–Kier alpha value is -1.11. The van der Waals surface area contributed by atoms with Crippen LogP contribution >= 0.6 is 11.6 Å². The molecule has 1 spiro atoms. The second-order valence-corrected chi connectivity index (χ2v) is 9.07. The number of anilines is 1. The number of aldehydes is 1. The number of rotatable bonds is 3. The SMILES string of the molecule is CS(=O)(=O)N1CCC2(CCN(c3cc(Cl)ccc3C=O)CC2)C1. The zero-order valence-electron chi connectivity index (χ0n) is 13.2. The Labute approximate surface area is 142 Å². The molecule has 23 heavy (non-hydrogen) atoms. The van der Waals surface area contributed by atoms with Crippen LogP contribution in [-0.2, 0) is 10.0 Å². The fourth-order valence-electron chi connectivity index (χ4n) is 3.70. The molecule has 0 saturated carbocycles. The molecule has 126 valence electrons. The predicted octanol–water partition coefficient (Wildman–Crippen LogP) is 2.40. The first-order chi connectivity index (χ1) is 10.8. The van der Waals surface area contributed by atoms with E-state index in [2.05, 4.69) is 4.90 Å². The van der Waals surface area contributed by atoms with Crippen LogP contribution in [-0.4, -0.2) is 51.4 Å². The Kier molecular flexibility index (Phi) is 4.42. The minimum Gasteiger partial charge on any atom is -0.371 e. The normalized spacial score (nSPS) is 21.7. The van der Waals surface area contributed by atoms with Crippen LogP contribution in [0.4, 0.5) is 5.69 Å².